The lowest BCUT2D eigenvalue weighted by atomic mass is 9.81. The Morgan fingerprint density at radius 3 is 1.86 bits per heavy atom. The molecule has 0 aromatic heterocycles. The van der Waals surface area contributed by atoms with E-state index >= 15 is 0 Å². The molecule has 0 aromatic rings. The third-order valence-corrected chi connectivity index (χ3v) is 5.62. The fourth-order valence-electron chi connectivity index (χ4n) is 2.91. The summed E-state index contributed by atoms with van der Waals surface area (Å²) in [5.41, 5.74) is 0. The lowest BCUT2D eigenvalue weighted by Gasteiger charge is -2.25. The molecule has 0 saturated carbocycles. The van der Waals surface area contributed by atoms with Crippen molar-refractivity contribution in [2.75, 3.05) is 0 Å². The van der Waals surface area contributed by atoms with Gasteiger partial charge in [0.2, 0.25) is 0 Å². The first kappa shape index (κ1) is 20.7. The van der Waals surface area contributed by atoms with Gasteiger partial charge in [-0.1, -0.05) is 80.4 Å². The Bertz CT molecular complexity index is 263. The predicted octanol–water partition coefficient (Wildman–Crippen LogP) is 7.35. The Kier molecular flexibility index (Phi) is 11.2. The van der Waals surface area contributed by atoms with E-state index in [0.717, 1.165) is 35.5 Å². The van der Waals surface area contributed by atoms with Crippen molar-refractivity contribution < 1.29 is 0 Å². The molecule has 0 heterocycles. The average Bonchev–Trinajstić information content (AvgIpc) is 2.47. The third kappa shape index (κ3) is 9.38. The minimum absolute atomic E-state index is 0.721. The standard InChI is InChI=1S/C21H42/c1-9-17(5)15-21(16(3)4)14-12-18(6)11-13-20(8)19(7)10-2/h11,13,16-21H,9-10,12,14-15H2,1-8H3. The maximum absolute atomic E-state index is 2.47. The van der Waals surface area contributed by atoms with Crippen LogP contribution in [0.25, 0.3) is 0 Å². The fraction of sp³-hybridized carbons (Fsp3) is 0.905. The van der Waals surface area contributed by atoms with Crippen LogP contribution in [-0.4, -0.2) is 0 Å². The van der Waals surface area contributed by atoms with Gasteiger partial charge in [-0.2, -0.15) is 0 Å². The molecule has 0 rings (SSSR count). The molecule has 0 radical (unpaired) electrons. The first-order valence-electron chi connectivity index (χ1n) is 9.49. The minimum atomic E-state index is 0.721. The second-order valence-electron chi connectivity index (χ2n) is 7.94. The van der Waals surface area contributed by atoms with Crippen molar-refractivity contribution in [3.05, 3.63) is 12.2 Å². The molecular weight excluding hydrogens is 252 g/mol. The molecule has 0 aliphatic heterocycles. The van der Waals surface area contributed by atoms with Crippen molar-refractivity contribution in [2.45, 2.75) is 87.5 Å². The zero-order chi connectivity index (χ0) is 16.4. The Morgan fingerprint density at radius 1 is 0.762 bits per heavy atom. The SMILES string of the molecule is CCC(C)CC(CCC(C)C=CC(C)C(C)CC)C(C)C. The van der Waals surface area contributed by atoms with Crippen molar-refractivity contribution in [1.82, 2.24) is 0 Å². The summed E-state index contributed by atoms with van der Waals surface area (Å²) in [6.07, 6.45) is 11.7. The highest BCUT2D eigenvalue weighted by molar-refractivity contribution is 4.91. The van der Waals surface area contributed by atoms with Crippen LogP contribution in [0.4, 0.5) is 0 Å². The van der Waals surface area contributed by atoms with E-state index in [4.69, 9.17) is 0 Å². The summed E-state index contributed by atoms with van der Waals surface area (Å²) in [5, 5.41) is 0. The summed E-state index contributed by atoms with van der Waals surface area (Å²) in [6, 6.07) is 0. The number of rotatable bonds is 11. The van der Waals surface area contributed by atoms with Gasteiger partial charge in [0.05, 0.1) is 0 Å². The van der Waals surface area contributed by atoms with Gasteiger partial charge in [0, 0.05) is 0 Å². The fourth-order valence-corrected chi connectivity index (χ4v) is 2.91. The van der Waals surface area contributed by atoms with E-state index in [2.05, 4.69) is 67.5 Å². The lowest BCUT2D eigenvalue weighted by Crippen LogP contribution is -2.14. The van der Waals surface area contributed by atoms with Crippen LogP contribution in [0.2, 0.25) is 0 Å². The van der Waals surface area contributed by atoms with E-state index in [1.807, 2.05) is 0 Å². The summed E-state index contributed by atoms with van der Waals surface area (Å²) < 4.78 is 0. The molecule has 0 spiro atoms. The van der Waals surface area contributed by atoms with Crippen LogP contribution < -0.4 is 0 Å². The van der Waals surface area contributed by atoms with E-state index < -0.39 is 0 Å². The Morgan fingerprint density at radius 2 is 1.38 bits per heavy atom. The van der Waals surface area contributed by atoms with Gasteiger partial charge in [-0.15, -0.1) is 0 Å². The van der Waals surface area contributed by atoms with Crippen molar-refractivity contribution in [2.24, 2.45) is 35.5 Å². The van der Waals surface area contributed by atoms with Crippen LogP contribution in [0.3, 0.4) is 0 Å². The summed E-state index contributed by atoms with van der Waals surface area (Å²) in [7, 11) is 0. The molecule has 0 N–H and O–H groups in total. The van der Waals surface area contributed by atoms with Gasteiger partial charge < -0.3 is 0 Å². The smallest absolute Gasteiger partial charge is 0.0236 e. The summed E-state index contributed by atoms with van der Waals surface area (Å²) >= 11 is 0. The summed E-state index contributed by atoms with van der Waals surface area (Å²) in [4.78, 5) is 0. The van der Waals surface area contributed by atoms with Crippen LogP contribution in [0.1, 0.15) is 87.5 Å². The van der Waals surface area contributed by atoms with Crippen molar-refractivity contribution in [1.29, 1.82) is 0 Å². The molecule has 0 aliphatic rings. The van der Waals surface area contributed by atoms with Crippen molar-refractivity contribution in [3.63, 3.8) is 0 Å². The highest BCUT2D eigenvalue weighted by Gasteiger charge is 2.17. The molecule has 126 valence electrons. The van der Waals surface area contributed by atoms with Gasteiger partial charge in [-0.25, -0.2) is 0 Å². The normalized spacial score (nSPS) is 19.7. The maximum Gasteiger partial charge on any atom is -0.0236 e. The topological polar surface area (TPSA) is 0 Å². The Hall–Kier alpha value is -0.260. The third-order valence-electron chi connectivity index (χ3n) is 5.62. The van der Waals surface area contributed by atoms with E-state index in [1.165, 1.54) is 32.1 Å². The quantitative estimate of drug-likeness (QED) is 0.349. The molecule has 0 aromatic carbocycles. The minimum Gasteiger partial charge on any atom is -0.0854 e. The first-order valence-corrected chi connectivity index (χ1v) is 9.49. The molecule has 0 saturated heterocycles. The van der Waals surface area contributed by atoms with Gasteiger partial charge in [-0.3, -0.25) is 0 Å². The number of hydrogen-bond donors (Lipinski definition) is 0. The zero-order valence-electron chi connectivity index (χ0n) is 16.2. The van der Waals surface area contributed by atoms with Crippen LogP contribution in [-0.2, 0) is 0 Å². The molecule has 5 unspecified atom stereocenters. The highest BCUT2D eigenvalue weighted by Crippen LogP contribution is 2.28. The zero-order valence-corrected chi connectivity index (χ0v) is 16.2. The van der Waals surface area contributed by atoms with Crippen molar-refractivity contribution >= 4 is 0 Å². The average molecular weight is 295 g/mol. The van der Waals surface area contributed by atoms with Crippen LogP contribution >= 0.6 is 0 Å². The van der Waals surface area contributed by atoms with E-state index in [0.29, 0.717) is 0 Å². The van der Waals surface area contributed by atoms with E-state index in [1.54, 1.807) is 0 Å². The Labute approximate surface area is 135 Å². The molecule has 0 bridgehead atoms. The summed E-state index contributed by atoms with van der Waals surface area (Å²) in [6.45, 7) is 18.9. The summed E-state index contributed by atoms with van der Waals surface area (Å²) in [5.74, 6) is 4.88. The van der Waals surface area contributed by atoms with Gasteiger partial charge in [-0.05, 0) is 54.8 Å². The Balaban J connectivity index is 4.24. The monoisotopic (exact) mass is 294 g/mol. The van der Waals surface area contributed by atoms with E-state index in [-0.39, 0.29) is 0 Å². The van der Waals surface area contributed by atoms with Gasteiger partial charge in [0.25, 0.3) is 0 Å². The molecule has 0 fully saturated rings. The van der Waals surface area contributed by atoms with Gasteiger partial charge >= 0.3 is 0 Å². The largest absolute Gasteiger partial charge is 0.0854 e. The van der Waals surface area contributed by atoms with E-state index in [9.17, 15) is 0 Å². The molecule has 0 aliphatic carbocycles. The first-order chi connectivity index (χ1) is 9.81. The molecule has 5 atom stereocenters. The molecule has 0 nitrogen and oxygen atoms in total. The van der Waals surface area contributed by atoms with Crippen LogP contribution in [0.15, 0.2) is 12.2 Å². The maximum atomic E-state index is 2.47. The lowest BCUT2D eigenvalue weighted by molar-refractivity contribution is 0.273. The van der Waals surface area contributed by atoms with Gasteiger partial charge in [0.15, 0.2) is 0 Å². The highest BCUT2D eigenvalue weighted by atomic mass is 14.2. The predicted molar refractivity (Wildman–Crippen MR) is 98.6 cm³/mol. The second-order valence-corrected chi connectivity index (χ2v) is 7.94. The molecule has 0 heteroatoms. The van der Waals surface area contributed by atoms with Crippen LogP contribution in [0, 0.1) is 35.5 Å². The molecular formula is C21H42. The number of allylic oxidation sites excluding steroid dienone is 2. The number of hydrogen-bond acceptors (Lipinski definition) is 0. The second kappa shape index (κ2) is 11.3. The van der Waals surface area contributed by atoms with Crippen LogP contribution in [0.5, 0.6) is 0 Å². The van der Waals surface area contributed by atoms with Crippen molar-refractivity contribution in [3.8, 4) is 0 Å². The van der Waals surface area contributed by atoms with Gasteiger partial charge in [0.1, 0.15) is 0 Å². The molecule has 0 amide bonds. The molecule has 21 heavy (non-hydrogen) atoms.